The highest BCUT2D eigenvalue weighted by Crippen LogP contribution is 2.37. The van der Waals surface area contributed by atoms with Crippen molar-refractivity contribution in [2.45, 2.75) is 49.3 Å². The van der Waals surface area contributed by atoms with Gasteiger partial charge in [-0.05, 0) is 49.8 Å². The summed E-state index contributed by atoms with van der Waals surface area (Å²) in [5.41, 5.74) is 3.18. The van der Waals surface area contributed by atoms with Gasteiger partial charge in [-0.2, -0.15) is 5.26 Å². The number of ether oxygens (including phenoxy) is 2. The number of hydrogen-bond acceptors (Lipinski definition) is 6. The van der Waals surface area contributed by atoms with Gasteiger partial charge in [-0.1, -0.05) is 30.3 Å². The summed E-state index contributed by atoms with van der Waals surface area (Å²) in [6.45, 7) is 1.93. The second-order valence-electron chi connectivity index (χ2n) is 6.96. The van der Waals surface area contributed by atoms with Crippen LogP contribution in [0.25, 0.3) is 0 Å². The summed E-state index contributed by atoms with van der Waals surface area (Å²) in [6.07, 6.45) is 4.67. The van der Waals surface area contributed by atoms with Crippen LogP contribution in [0, 0.1) is 11.3 Å². The van der Waals surface area contributed by atoms with Gasteiger partial charge in [-0.3, -0.25) is 4.79 Å². The first-order valence-electron chi connectivity index (χ1n) is 9.82. The Labute approximate surface area is 185 Å². The number of carbonyl (C=O) groups excluding carboxylic acids is 1. The minimum atomic E-state index is -0.420. The van der Waals surface area contributed by atoms with Crippen molar-refractivity contribution in [1.82, 2.24) is 4.98 Å². The number of nitrogens with zero attached hydrogens (tertiary/aromatic N) is 2. The SMILES string of the molecule is CCC(Sc1nc2c(cc1C#N)CCCC2)C(=O)Nc1cc(Cl)c(OC)cc1OC. The van der Waals surface area contributed by atoms with Gasteiger partial charge in [0.2, 0.25) is 5.91 Å². The molecule has 1 atom stereocenters. The molecule has 0 saturated heterocycles. The third-order valence-corrected chi connectivity index (χ3v) is 6.70. The van der Waals surface area contributed by atoms with Crippen molar-refractivity contribution in [1.29, 1.82) is 5.26 Å². The van der Waals surface area contributed by atoms with E-state index >= 15 is 0 Å². The third kappa shape index (κ3) is 4.82. The highest BCUT2D eigenvalue weighted by Gasteiger charge is 2.24. The van der Waals surface area contributed by atoms with E-state index in [9.17, 15) is 10.1 Å². The molecular weight excluding hydrogens is 422 g/mol. The fourth-order valence-corrected chi connectivity index (χ4v) is 4.65. The maximum absolute atomic E-state index is 13.0. The molecule has 1 amide bonds. The first-order valence-corrected chi connectivity index (χ1v) is 11.1. The van der Waals surface area contributed by atoms with E-state index in [2.05, 4.69) is 11.4 Å². The highest BCUT2D eigenvalue weighted by molar-refractivity contribution is 8.00. The van der Waals surface area contributed by atoms with Gasteiger partial charge < -0.3 is 14.8 Å². The molecule has 158 valence electrons. The summed E-state index contributed by atoms with van der Waals surface area (Å²) in [7, 11) is 3.03. The predicted molar refractivity (Wildman–Crippen MR) is 119 cm³/mol. The number of aryl methyl sites for hydroxylation is 2. The Morgan fingerprint density at radius 1 is 1.27 bits per heavy atom. The van der Waals surface area contributed by atoms with Crippen LogP contribution in [0.5, 0.6) is 11.5 Å². The zero-order valence-corrected chi connectivity index (χ0v) is 18.8. The Bertz CT molecular complexity index is 991. The lowest BCUT2D eigenvalue weighted by Gasteiger charge is -2.20. The molecule has 1 aromatic heterocycles. The number of nitriles is 1. The minimum Gasteiger partial charge on any atom is -0.495 e. The molecule has 0 saturated carbocycles. The van der Waals surface area contributed by atoms with Crippen molar-refractivity contribution < 1.29 is 14.3 Å². The molecule has 1 heterocycles. The van der Waals surface area contributed by atoms with Crippen LogP contribution in [0.3, 0.4) is 0 Å². The molecule has 0 bridgehead atoms. The van der Waals surface area contributed by atoms with E-state index in [1.807, 2.05) is 13.0 Å². The molecule has 1 aromatic carbocycles. The molecular formula is C22H24ClN3O3S. The molecule has 0 radical (unpaired) electrons. The number of carbonyl (C=O) groups is 1. The summed E-state index contributed by atoms with van der Waals surface area (Å²) in [5, 5.41) is 13.0. The minimum absolute atomic E-state index is 0.203. The lowest BCUT2D eigenvalue weighted by Crippen LogP contribution is -2.25. The Morgan fingerprint density at radius 3 is 2.67 bits per heavy atom. The Balaban J connectivity index is 1.83. The van der Waals surface area contributed by atoms with E-state index in [-0.39, 0.29) is 5.91 Å². The van der Waals surface area contributed by atoms with Crippen LogP contribution >= 0.6 is 23.4 Å². The smallest absolute Gasteiger partial charge is 0.238 e. The fourth-order valence-electron chi connectivity index (χ4n) is 3.41. The van der Waals surface area contributed by atoms with Crippen molar-refractivity contribution >= 4 is 35.0 Å². The van der Waals surface area contributed by atoms with Gasteiger partial charge in [0.05, 0.1) is 35.7 Å². The maximum Gasteiger partial charge on any atom is 0.238 e. The highest BCUT2D eigenvalue weighted by atomic mass is 35.5. The van der Waals surface area contributed by atoms with Gasteiger partial charge in [-0.15, -0.1) is 0 Å². The molecule has 0 fully saturated rings. The quantitative estimate of drug-likeness (QED) is 0.603. The van der Waals surface area contributed by atoms with Crippen LogP contribution in [0.1, 0.15) is 43.0 Å². The molecule has 1 aliphatic carbocycles. The molecule has 3 rings (SSSR count). The predicted octanol–water partition coefficient (Wildman–Crippen LogP) is 5.01. The topological polar surface area (TPSA) is 84.2 Å². The van der Waals surface area contributed by atoms with Gasteiger partial charge in [-0.25, -0.2) is 4.98 Å². The Morgan fingerprint density at radius 2 is 2.00 bits per heavy atom. The molecule has 1 unspecified atom stereocenters. The second-order valence-corrected chi connectivity index (χ2v) is 8.56. The van der Waals surface area contributed by atoms with E-state index in [1.165, 1.54) is 26.0 Å². The number of nitrogens with one attached hydrogen (secondary N) is 1. The number of thioether (sulfide) groups is 1. The van der Waals surface area contributed by atoms with Gasteiger partial charge in [0.15, 0.2) is 0 Å². The third-order valence-electron chi connectivity index (χ3n) is 5.04. The van der Waals surface area contributed by atoms with Gasteiger partial charge in [0.25, 0.3) is 0 Å². The number of rotatable bonds is 7. The zero-order valence-electron chi connectivity index (χ0n) is 17.3. The monoisotopic (exact) mass is 445 g/mol. The van der Waals surface area contributed by atoms with Crippen molar-refractivity contribution in [3.8, 4) is 17.6 Å². The van der Waals surface area contributed by atoms with Crippen molar-refractivity contribution in [3.63, 3.8) is 0 Å². The van der Waals surface area contributed by atoms with Crippen molar-refractivity contribution in [2.24, 2.45) is 0 Å². The molecule has 1 N–H and O–H groups in total. The second kappa shape index (κ2) is 10.1. The summed E-state index contributed by atoms with van der Waals surface area (Å²) >= 11 is 7.53. The van der Waals surface area contributed by atoms with Crippen LogP contribution in [-0.4, -0.2) is 30.4 Å². The average molecular weight is 446 g/mol. The lowest BCUT2D eigenvalue weighted by atomic mass is 9.95. The lowest BCUT2D eigenvalue weighted by molar-refractivity contribution is -0.115. The number of methoxy groups -OCH3 is 2. The summed E-state index contributed by atoms with van der Waals surface area (Å²) in [5.74, 6) is 0.712. The van der Waals surface area contributed by atoms with E-state index < -0.39 is 5.25 Å². The van der Waals surface area contributed by atoms with Crippen LogP contribution in [0.15, 0.2) is 23.2 Å². The number of aromatic nitrogens is 1. The first kappa shape index (κ1) is 22.3. The van der Waals surface area contributed by atoms with E-state index in [0.29, 0.717) is 39.2 Å². The van der Waals surface area contributed by atoms with Gasteiger partial charge in [0, 0.05) is 11.8 Å². The van der Waals surface area contributed by atoms with Crippen LogP contribution in [-0.2, 0) is 17.6 Å². The van der Waals surface area contributed by atoms with E-state index in [4.69, 9.17) is 26.1 Å². The number of fused-ring (bicyclic) bond motifs is 1. The summed E-state index contributed by atoms with van der Waals surface area (Å²) < 4.78 is 10.6. The average Bonchev–Trinajstić information content (AvgIpc) is 2.76. The maximum atomic E-state index is 13.0. The Kier molecular flexibility index (Phi) is 7.46. The molecule has 0 spiro atoms. The van der Waals surface area contributed by atoms with E-state index in [1.54, 1.807) is 12.1 Å². The number of pyridine rings is 1. The van der Waals surface area contributed by atoms with Crippen molar-refractivity contribution in [2.75, 3.05) is 19.5 Å². The zero-order chi connectivity index (χ0) is 21.7. The first-order chi connectivity index (χ1) is 14.5. The molecule has 30 heavy (non-hydrogen) atoms. The number of amides is 1. The largest absolute Gasteiger partial charge is 0.495 e. The summed E-state index contributed by atoms with van der Waals surface area (Å²) in [6, 6.07) is 7.40. The van der Waals surface area contributed by atoms with Crippen LogP contribution in [0.2, 0.25) is 5.02 Å². The molecule has 6 nitrogen and oxygen atoms in total. The standard InChI is InChI=1S/C22H24ClN3O3S/c1-4-20(21(27)25-17-10-15(23)18(28-2)11-19(17)29-3)30-22-14(12-24)9-13-7-5-6-8-16(13)26-22/h9-11,20H,4-8H2,1-3H3,(H,25,27). The molecule has 2 aromatic rings. The fraction of sp³-hybridized carbons (Fsp3) is 0.409. The number of halogens is 1. The summed E-state index contributed by atoms with van der Waals surface area (Å²) in [4.78, 5) is 17.7. The molecule has 8 heteroatoms. The van der Waals surface area contributed by atoms with E-state index in [0.717, 1.165) is 36.9 Å². The van der Waals surface area contributed by atoms with Gasteiger partial charge in [0.1, 0.15) is 22.6 Å². The van der Waals surface area contributed by atoms with Crippen molar-refractivity contribution in [3.05, 3.63) is 40.0 Å². The molecule has 0 aliphatic heterocycles. The normalized spacial score (nSPS) is 13.7. The number of anilines is 1. The number of benzene rings is 1. The van der Waals surface area contributed by atoms with Crippen LogP contribution < -0.4 is 14.8 Å². The van der Waals surface area contributed by atoms with Crippen LogP contribution in [0.4, 0.5) is 5.69 Å². The Hall–Kier alpha value is -2.43. The number of hydrogen-bond donors (Lipinski definition) is 1. The van der Waals surface area contributed by atoms with Gasteiger partial charge >= 0.3 is 0 Å². The molecule has 1 aliphatic rings.